The maximum atomic E-state index is 6.17. The van der Waals surface area contributed by atoms with Gasteiger partial charge >= 0.3 is 0 Å². The molecule has 0 saturated carbocycles. The maximum absolute atomic E-state index is 6.17. The van der Waals surface area contributed by atoms with Gasteiger partial charge in [0, 0.05) is 27.5 Å². The van der Waals surface area contributed by atoms with Gasteiger partial charge in [-0.3, -0.25) is 4.68 Å². The number of aryl methyl sites for hydroxylation is 1. The minimum absolute atomic E-state index is 0.0381. The summed E-state index contributed by atoms with van der Waals surface area (Å²) in [5.41, 5.74) is 2.00. The summed E-state index contributed by atoms with van der Waals surface area (Å²) in [4.78, 5) is 0. The van der Waals surface area contributed by atoms with Gasteiger partial charge in [-0.1, -0.05) is 29.3 Å². The summed E-state index contributed by atoms with van der Waals surface area (Å²) in [6.45, 7) is 4.04. The van der Waals surface area contributed by atoms with E-state index in [4.69, 9.17) is 23.2 Å². The van der Waals surface area contributed by atoms with E-state index in [-0.39, 0.29) is 6.04 Å². The van der Waals surface area contributed by atoms with Crippen LogP contribution in [0.2, 0.25) is 10.0 Å². The summed E-state index contributed by atoms with van der Waals surface area (Å²) in [6, 6.07) is 7.53. The van der Waals surface area contributed by atoms with Crippen LogP contribution in [0.5, 0.6) is 0 Å². The SMILES string of the molecule is Cc1ccnn1C(C)c1c(Cl)cccc1Cl. The monoisotopic (exact) mass is 254 g/mol. The van der Waals surface area contributed by atoms with Gasteiger partial charge in [-0.05, 0) is 32.0 Å². The quantitative estimate of drug-likeness (QED) is 0.789. The number of nitrogens with zero attached hydrogens (tertiary/aromatic N) is 2. The van der Waals surface area contributed by atoms with E-state index in [9.17, 15) is 0 Å². The Morgan fingerprint density at radius 1 is 1.19 bits per heavy atom. The second kappa shape index (κ2) is 4.48. The highest BCUT2D eigenvalue weighted by Crippen LogP contribution is 2.32. The van der Waals surface area contributed by atoms with E-state index in [0.717, 1.165) is 11.3 Å². The van der Waals surface area contributed by atoms with E-state index >= 15 is 0 Å². The molecule has 1 unspecified atom stereocenters. The molecule has 0 N–H and O–H groups in total. The standard InChI is InChI=1S/C12H12Cl2N2/c1-8-6-7-15-16(8)9(2)12-10(13)4-3-5-11(12)14/h3-7,9H,1-2H3. The summed E-state index contributed by atoms with van der Waals surface area (Å²) in [5.74, 6) is 0. The molecule has 1 atom stereocenters. The Morgan fingerprint density at radius 2 is 1.81 bits per heavy atom. The van der Waals surface area contributed by atoms with Crippen LogP contribution in [0.25, 0.3) is 0 Å². The molecule has 16 heavy (non-hydrogen) atoms. The first-order valence-electron chi connectivity index (χ1n) is 5.05. The number of aromatic nitrogens is 2. The lowest BCUT2D eigenvalue weighted by Crippen LogP contribution is -2.11. The van der Waals surface area contributed by atoms with Crippen LogP contribution in [0, 0.1) is 6.92 Å². The number of rotatable bonds is 2. The normalized spacial score (nSPS) is 12.8. The van der Waals surface area contributed by atoms with Crippen LogP contribution >= 0.6 is 23.2 Å². The predicted molar refractivity (Wildman–Crippen MR) is 67.2 cm³/mol. The van der Waals surface area contributed by atoms with Crippen LogP contribution in [0.3, 0.4) is 0 Å². The number of hydrogen-bond donors (Lipinski definition) is 0. The average molecular weight is 255 g/mol. The molecule has 1 aromatic heterocycles. The molecule has 0 bridgehead atoms. The van der Waals surface area contributed by atoms with Crippen molar-refractivity contribution in [3.63, 3.8) is 0 Å². The molecule has 0 aliphatic carbocycles. The van der Waals surface area contributed by atoms with E-state index in [1.54, 1.807) is 6.20 Å². The van der Waals surface area contributed by atoms with Gasteiger partial charge in [0.2, 0.25) is 0 Å². The molecular formula is C12H12Cl2N2. The zero-order valence-corrected chi connectivity index (χ0v) is 10.6. The van der Waals surface area contributed by atoms with E-state index in [0.29, 0.717) is 10.0 Å². The molecular weight excluding hydrogens is 243 g/mol. The summed E-state index contributed by atoms with van der Waals surface area (Å²) in [7, 11) is 0. The third kappa shape index (κ3) is 1.95. The fraction of sp³-hybridized carbons (Fsp3) is 0.250. The summed E-state index contributed by atoms with van der Waals surface area (Å²) >= 11 is 12.3. The molecule has 1 aromatic carbocycles. The van der Waals surface area contributed by atoms with Crippen LogP contribution in [-0.4, -0.2) is 9.78 Å². The Morgan fingerprint density at radius 3 is 2.31 bits per heavy atom. The molecule has 0 fully saturated rings. The summed E-state index contributed by atoms with van der Waals surface area (Å²) in [5, 5.41) is 5.63. The minimum Gasteiger partial charge on any atom is -0.263 e. The van der Waals surface area contributed by atoms with Crippen LogP contribution in [0.15, 0.2) is 30.5 Å². The Labute approximate surface area is 105 Å². The molecule has 1 heterocycles. The second-order valence-corrected chi connectivity index (χ2v) is 4.54. The molecule has 0 spiro atoms. The third-order valence-electron chi connectivity index (χ3n) is 2.65. The Hall–Kier alpha value is -0.990. The Bertz CT molecular complexity index is 485. The van der Waals surface area contributed by atoms with Crippen molar-refractivity contribution in [3.8, 4) is 0 Å². The van der Waals surface area contributed by atoms with Crippen LogP contribution in [-0.2, 0) is 0 Å². The first kappa shape index (κ1) is 11.5. The highest BCUT2D eigenvalue weighted by atomic mass is 35.5. The van der Waals surface area contributed by atoms with E-state index < -0.39 is 0 Å². The van der Waals surface area contributed by atoms with Crippen LogP contribution < -0.4 is 0 Å². The molecule has 4 heteroatoms. The third-order valence-corrected chi connectivity index (χ3v) is 3.31. The van der Waals surface area contributed by atoms with Crippen LogP contribution in [0.4, 0.5) is 0 Å². The maximum Gasteiger partial charge on any atom is 0.0772 e. The molecule has 84 valence electrons. The molecule has 0 aliphatic heterocycles. The van der Waals surface area contributed by atoms with E-state index in [1.807, 2.05) is 42.8 Å². The molecule has 0 saturated heterocycles. The average Bonchev–Trinajstić information content (AvgIpc) is 2.64. The summed E-state index contributed by atoms with van der Waals surface area (Å²) < 4.78 is 1.91. The molecule has 2 rings (SSSR count). The zero-order chi connectivity index (χ0) is 11.7. The number of hydrogen-bond acceptors (Lipinski definition) is 1. The van der Waals surface area contributed by atoms with E-state index in [2.05, 4.69) is 5.10 Å². The van der Waals surface area contributed by atoms with Gasteiger partial charge < -0.3 is 0 Å². The molecule has 0 amide bonds. The van der Waals surface area contributed by atoms with Crippen molar-refractivity contribution >= 4 is 23.2 Å². The predicted octanol–water partition coefficient (Wildman–Crippen LogP) is 4.11. The fourth-order valence-corrected chi connectivity index (χ4v) is 2.53. The Kier molecular flexibility index (Phi) is 3.22. The smallest absolute Gasteiger partial charge is 0.0772 e. The fourth-order valence-electron chi connectivity index (χ4n) is 1.82. The largest absolute Gasteiger partial charge is 0.263 e. The lowest BCUT2D eigenvalue weighted by molar-refractivity contribution is 0.550. The van der Waals surface area contributed by atoms with Crippen molar-refractivity contribution in [3.05, 3.63) is 51.8 Å². The van der Waals surface area contributed by atoms with Gasteiger partial charge in [0.05, 0.1) is 6.04 Å². The first-order valence-corrected chi connectivity index (χ1v) is 5.81. The van der Waals surface area contributed by atoms with Gasteiger partial charge in [0.1, 0.15) is 0 Å². The van der Waals surface area contributed by atoms with E-state index in [1.165, 1.54) is 0 Å². The highest BCUT2D eigenvalue weighted by molar-refractivity contribution is 6.36. The topological polar surface area (TPSA) is 17.8 Å². The van der Waals surface area contributed by atoms with Crippen molar-refractivity contribution in [2.75, 3.05) is 0 Å². The van der Waals surface area contributed by atoms with Crippen molar-refractivity contribution in [1.82, 2.24) is 9.78 Å². The highest BCUT2D eigenvalue weighted by Gasteiger charge is 2.16. The van der Waals surface area contributed by atoms with Crippen molar-refractivity contribution in [2.45, 2.75) is 19.9 Å². The van der Waals surface area contributed by atoms with Gasteiger partial charge in [0.15, 0.2) is 0 Å². The number of benzene rings is 1. The Balaban J connectivity index is 2.49. The van der Waals surface area contributed by atoms with Crippen LogP contribution in [0.1, 0.15) is 24.2 Å². The van der Waals surface area contributed by atoms with Crippen molar-refractivity contribution < 1.29 is 0 Å². The van der Waals surface area contributed by atoms with Gasteiger partial charge in [-0.25, -0.2) is 0 Å². The molecule has 0 aliphatic rings. The number of halogens is 2. The van der Waals surface area contributed by atoms with Gasteiger partial charge in [0.25, 0.3) is 0 Å². The lowest BCUT2D eigenvalue weighted by Gasteiger charge is -2.17. The first-order chi connectivity index (χ1) is 7.61. The van der Waals surface area contributed by atoms with Gasteiger partial charge in [-0.2, -0.15) is 5.10 Å². The molecule has 2 nitrogen and oxygen atoms in total. The second-order valence-electron chi connectivity index (χ2n) is 3.73. The molecule has 0 radical (unpaired) electrons. The summed E-state index contributed by atoms with van der Waals surface area (Å²) in [6.07, 6.45) is 1.77. The van der Waals surface area contributed by atoms with Crippen molar-refractivity contribution in [2.24, 2.45) is 0 Å². The zero-order valence-electron chi connectivity index (χ0n) is 9.11. The van der Waals surface area contributed by atoms with Gasteiger partial charge in [-0.15, -0.1) is 0 Å². The lowest BCUT2D eigenvalue weighted by atomic mass is 10.1. The minimum atomic E-state index is 0.0381. The molecule has 2 aromatic rings. The van der Waals surface area contributed by atoms with Crippen molar-refractivity contribution in [1.29, 1.82) is 0 Å².